The van der Waals surface area contributed by atoms with Crippen LogP contribution in [-0.4, -0.2) is 46.2 Å². The molecule has 178 valence electrons. The van der Waals surface area contributed by atoms with E-state index in [1.807, 2.05) is 43.3 Å². The second-order valence-corrected chi connectivity index (χ2v) is 8.86. The van der Waals surface area contributed by atoms with Gasteiger partial charge in [-0.15, -0.1) is 0 Å². The lowest BCUT2D eigenvalue weighted by Gasteiger charge is -2.26. The minimum Gasteiger partial charge on any atom is -0.378 e. The number of aryl methyl sites for hydroxylation is 1. The number of rotatable bonds is 5. The summed E-state index contributed by atoms with van der Waals surface area (Å²) in [6.07, 6.45) is 0. The highest BCUT2D eigenvalue weighted by molar-refractivity contribution is 5.94. The van der Waals surface area contributed by atoms with Gasteiger partial charge in [0.1, 0.15) is 0 Å². The van der Waals surface area contributed by atoms with E-state index in [-0.39, 0.29) is 23.7 Å². The quantitative estimate of drug-likeness (QED) is 0.450. The Bertz CT molecular complexity index is 1480. The Balaban J connectivity index is 1.48. The van der Waals surface area contributed by atoms with Gasteiger partial charge in [0.15, 0.2) is 0 Å². The lowest BCUT2D eigenvalue weighted by molar-refractivity contribution is 0.0303. The van der Waals surface area contributed by atoms with Gasteiger partial charge < -0.3 is 9.64 Å². The van der Waals surface area contributed by atoms with Crippen molar-refractivity contribution in [2.24, 2.45) is 0 Å². The summed E-state index contributed by atoms with van der Waals surface area (Å²) >= 11 is 0. The topological polar surface area (TPSA) is 73.5 Å². The Morgan fingerprint density at radius 3 is 2.09 bits per heavy atom. The summed E-state index contributed by atoms with van der Waals surface area (Å²) in [5, 5.41) is 0.498. The molecule has 2 heterocycles. The molecule has 0 aliphatic carbocycles. The van der Waals surface area contributed by atoms with Crippen LogP contribution in [0.4, 0.5) is 0 Å². The van der Waals surface area contributed by atoms with Gasteiger partial charge in [0.05, 0.1) is 37.2 Å². The van der Waals surface area contributed by atoms with Crippen molar-refractivity contribution in [2.75, 3.05) is 26.3 Å². The molecule has 0 unspecified atom stereocenters. The Hall–Kier alpha value is -3.97. The number of benzene rings is 3. The third-order valence-corrected chi connectivity index (χ3v) is 6.43. The maximum Gasteiger partial charge on any atom is 0.332 e. The predicted octanol–water partition coefficient (Wildman–Crippen LogP) is 3.04. The summed E-state index contributed by atoms with van der Waals surface area (Å²) in [4.78, 5) is 41.3. The van der Waals surface area contributed by atoms with Crippen molar-refractivity contribution in [2.45, 2.75) is 20.0 Å². The SMILES string of the molecule is Cc1ccc(Cn2c(=O)n(Cc3ccc(C(=O)N4CCOCC4)cc3)c(=O)c3ccccc32)cc1. The highest BCUT2D eigenvalue weighted by atomic mass is 16.5. The molecule has 1 aromatic heterocycles. The standard InChI is InChI=1S/C28H27N3O4/c1-20-6-8-21(9-7-20)18-30-25-5-3-2-4-24(25)27(33)31(28(30)34)19-22-10-12-23(13-11-22)26(32)29-14-16-35-17-15-29/h2-13H,14-19H2,1H3. The van der Waals surface area contributed by atoms with Crippen LogP contribution in [0.2, 0.25) is 0 Å². The third kappa shape index (κ3) is 4.68. The minimum atomic E-state index is -0.359. The van der Waals surface area contributed by atoms with E-state index in [1.165, 1.54) is 4.57 Å². The first-order chi connectivity index (χ1) is 17.0. The highest BCUT2D eigenvalue weighted by Gasteiger charge is 2.19. The fourth-order valence-corrected chi connectivity index (χ4v) is 4.42. The van der Waals surface area contributed by atoms with Crippen LogP contribution in [0.5, 0.6) is 0 Å². The van der Waals surface area contributed by atoms with Gasteiger partial charge in [0, 0.05) is 18.7 Å². The predicted molar refractivity (Wildman–Crippen MR) is 135 cm³/mol. The number of fused-ring (bicyclic) bond motifs is 1. The molecule has 0 atom stereocenters. The first-order valence-corrected chi connectivity index (χ1v) is 11.7. The summed E-state index contributed by atoms with van der Waals surface area (Å²) < 4.78 is 8.24. The molecular weight excluding hydrogens is 442 g/mol. The smallest absolute Gasteiger partial charge is 0.332 e. The number of ether oxygens (including phenoxy) is 1. The van der Waals surface area contributed by atoms with Crippen molar-refractivity contribution in [3.05, 3.63) is 116 Å². The molecule has 1 fully saturated rings. The molecule has 1 aliphatic rings. The summed E-state index contributed by atoms with van der Waals surface area (Å²) in [6, 6.07) is 22.3. The van der Waals surface area contributed by atoms with Crippen LogP contribution in [0.3, 0.4) is 0 Å². The number of nitrogens with zero attached hydrogens (tertiary/aromatic N) is 3. The normalized spacial score (nSPS) is 13.8. The number of hydrogen-bond donors (Lipinski definition) is 0. The molecule has 1 aliphatic heterocycles. The molecule has 7 nitrogen and oxygen atoms in total. The van der Waals surface area contributed by atoms with Crippen LogP contribution in [0.1, 0.15) is 27.0 Å². The summed E-state index contributed by atoms with van der Waals surface area (Å²) in [7, 11) is 0. The van der Waals surface area contributed by atoms with Crippen LogP contribution >= 0.6 is 0 Å². The number of aromatic nitrogens is 2. The van der Waals surface area contributed by atoms with Crippen molar-refractivity contribution in [1.29, 1.82) is 0 Å². The molecule has 0 bridgehead atoms. The summed E-state index contributed by atoms with van der Waals surface area (Å²) in [5.41, 5.74) is 3.43. The molecule has 7 heteroatoms. The molecule has 1 amide bonds. The zero-order chi connectivity index (χ0) is 24.4. The monoisotopic (exact) mass is 469 g/mol. The molecule has 0 radical (unpaired) electrons. The van der Waals surface area contributed by atoms with Crippen molar-refractivity contribution in [3.8, 4) is 0 Å². The molecule has 0 spiro atoms. The lowest BCUT2D eigenvalue weighted by atomic mass is 10.1. The molecule has 3 aromatic carbocycles. The number of hydrogen-bond acceptors (Lipinski definition) is 4. The van der Waals surface area contributed by atoms with E-state index >= 15 is 0 Å². The Morgan fingerprint density at radius 1 is 0.800 bits per heavy atom. The fraction of sp³-hybridized carbons (Fsp3) is 0.250. The maximum absolute atomic E-state index is 13.5. The average molecular weight is 470 g/mol. The molecule has 5 rings (SSSR count). The van der Waals surface area contributed by atoms with Gasteiger partial charge in [-0.2, -0.15) is 0 Å². The van der Waals surface area contributed by atoms with Gasteiger partial charge in [0.2, 0.25) is 0 Å². The van der Waals surface area contributed by atoms with E-state index in [2.05, 4.69) is 0 Å². The van der Waals surface area contributed by atoms with Gasteiger partial charge in [-0.25, -0.2) is 4.79 Å². The molecule has 4 aromatic rings. The van der Waals surface area contributed by atoms with Crippen molar-refractivity contribution >= 4 is 16.8 Å². The van der Waals surface area contributed by atoms with Crippen molar-refractivity contribution < 1.29 is 9.53 Å². The number of carbonyl (C=O) groups excluding carboxylic acids is 1. The van der Waals surface area contributed by atoms with E-state index in [9.17, 15) is 14.4 Å². The number of amides is 1. The van der Waals surface area contributed by atoms with E-state index in [4.69, 9.17) is 4.74 Å². The van der Waals surface area contributed by atoms with E-state index in [0.29, 0.717) is 49.3 Å². The van der Waals surface area contributed by atoms with Crippen molar-refractivity contribution in [3.63, 3.8) is 0 Å². The Kier molecular flexibility index (Phi) is 6.33. The van der Waals surface area contributed by atoms with Gasteiger partial charge in [-0.3, -0.25) is 18.7 Å². The first kappa shape index (κ1) is 22.8. The van der Waals surface area contributed by atoms with Gasteiger partial charge in [-0.05, 0) is 42.3 Å². The molecule has 35 heavy (non-hydrogen) atoms. The van der Waals surface area contributed by atoms with Crippen LogP contribution in [-0.2, 0) is 17.8 Å². The Labute approximate surface area is 202 Å². The average Bonchev–Trinajstić information content (AvgIpc) is 2.90. The maximum atomic E-state index is 13.5. The first-order valence-electron chi connectivity index (χ1n) is 11.7. The van der Waals surface area contributed by atoms with Gasteiger partial charge in [-0.1, -0.05) is 54.1 Å². The van der Waals surface area contributed by atoms with Gasteiger partial charge >= 0.3 is 5.69 Å². The van der Waals surface area contributed by atoms with Crippen LogP contribution < -0.4 is 11.2 Å². The molecule has 1 saturated heterocycles. The van der Waals surface area contributed by atoms with Crippen LogP contribution in [0.25, 0.3) is 10.9 Å². The second kappa shape index (κ2) is 9.72. The molecule has 0 saturated carbocycles. The van der Waals surface area contributed by atoms with Crippen LogP contribution in [0.15, 0.2) is 82.4 Å². The van der Waals surface area contributed by atoms with Gasteiger partial charge in [0.25, 0.3) is 11.5 Å². The number of morpholine rings is 1. The zero-order valence-corrected chi connectivity index (χ0v) is 19.6. The highest BCUT2D eigenvalue weighted by Crippen LogP contribution is 2.13. The fourth-order valence-electron chi connectivity index (χ4n) is 4.42. The third-order valence-electron chi connectivity index (χ3n) is 6.43. The number of carbonyl (C=O) groups is 1. The van der Waals surface area contributed by atoms with Crippen molar-refractivity contribution in [1.82, 2.24) is 14.0 Å². The van der Waals surface area contributed by atoms with E-state index in [0.717, 1.165) is 16.7 Å². The molecule has 0 N–H and O–H groups in total. The summed E-state index contributed by atoms with van der Waals surface area (Å²) in [5.74, 6) is -0.0387. The lowest BCUT2D eigenvalue weighted by Crippen LogP contribution is -2.41. The summed E-state index contributed by atoms with van der Waals surface area (Å²) in [6.45, 7) is 4.76. The van der Waals surface area contributed by atoms with Crippen LogP contribution in [0, 0.1) is 6.92 Å². The number of para-hydroxylation sites is 1. The Morgan fingerprint density at radius 2 is 1.40 bits per heavy atom. The minimum absolute atomic E-state index is 0.0387. The molecular formula is C28H27N3O4. The zero-order valence-electron chi connectivity index (χ0n) is 19.6. The second-order valence-electron chi connectivity index (χ2n) is 8.86. The van der Waals surface area contributed by atoms with E-state index in [1.54, 1.807) is 45.9 Å². The van der Waals surface area contributed by atoms with E-state index < -0.39 is 0 Å². The largest absolute Gasteiger partial charge is 0.378 e.